The van der Waals surface area contributed by atoms with Crippen molar-refractivity contribution >= 4 is 12.2 Å². The lowest BCUT2D eigenvalue weighted by Gasteiger charge is -2.15. The van der Waals surface area contributed by atoms with E-state index in [0.29, 0.717) is 37.5 Å². The van der Waals surface area contributed by atoms with E-state index in [4.69, 9.17) is 9.84 Å². The lowest BCUT2D eigenvalue weighted by Crippen LogP contribution is -2.31. The van der Waals surface area contributed by atoms with Gasteiger partial charge in [0.1, 0.15) is 0 Å². The number of likely N-dealkylation sites (tertiary alicyclic amines) is 1. The van der Waals surface area contributed by atoms with Crippen LogP contribution in [0.25, 0.3) is 0 Å². The molecule has 0 aromatic carbocycles. The minimum absolute atomic E-state index is 0.359. The van der Waals surface area contributed by atoms with Gasteiger partial charge >= 0.3 is 12.2 Å². The third-order valence-corrected chi connectivity index (χ3v) is 3.25. The highest BCUT2D eigenvalue weighted by Crippen LogP contribution is 2.51. The summed E-state index contributed by atoms with van der Waals surface area (Å²) in [5.74, 6) is 1.15. The second-order valence-corrected chi connectivity index (χ2v) is 4.03. The maximum absolute atomic E-state index is 10.8. The molecule has 2 rings (SSSR count). The van der Waals surface area contributed by atoms with Gasteiger partial charge in [-0.15, -0.1) is 0 Å². The zero-order valence-corrected chi connectivity index (χ0v) is 8.47. The fraction of sp³-hybridized carbons (Fsp3) is 0.778. The largest absolute Gasteiger partial charge is 0.465 e. The summed E-state index contributed by atoms with van der Waals surface area (Å²) < 4.78 is 4.93. The standard InChI is InChI=1S/C9H14N2O4/c1-10-8(12)15-4-7-5-2-11(9(13)14)3-6(5)7/h5-7H,2-4H2,1H3,(H,10,12)(H,13,14)/t5-,6+,7?. The van der Waals surface area contributed by atoms with Crippen LogP contribution in [0.1, 0.15) is 0 Å². The molecule has 1 saturated heterocycles. The minimum Gasteiger partial charge on any atom is -0.465 e. The first-order valence-corrected chi connectivity index (χ1v) is 4.96. The third kappa shape index (κ3) is 1.84. The van der Waals surface area contributed by atoms with Gasteiger partial charge in [0.2, 0.25) is 0 Å². The Morgan fingerprint density at radius 2 is 2.07 bits per heavy atom. The van der Waals surface area contributed by atoms with E-state index in [1.54, 1.807) is 0 Å². The molecule has 84 valence electrons. The summed E-state index contributed by atoms with van der Waals surface area (Å²) in [7, 11) is 1.52. The van der Waals surface area contributed by atoms with Gasteiger partial charge in [0.25, 0.3) is 0 Å². The Labute approximate surface area is 87.2 Å². The molecule has 0 radical (unpaired) electrons. The molecule has 0 bridgehead atoms. The van der Waals surface area contributed by atoms with Crippen LogP contribution in [0.3, 0.4) is 0 Å². The fourth-order valence-corrected chi connectivity index (χ4v) is 2.30. The second-order valence-electron chi connectivity index (χ2n) is 4.03. The van der Waals surface area contributed by atoms with Gasteiger partial charge in [0.15, 0.2) is 0 Å². The quantitative estimate of drug-likeness (QED) is 0.688. The van der Waals surface area contributed by atoms with E-state index in [0.717, 1.165) is 0 Å². The van der Waals surface area contributed by atoms with Crippen molar-refractivity contribution in [1.29, 1.82) is 0 Å². The number of amides is 2. The summed E-state index contributed by atoms with van der Waals surface area (Å²) in [4.78, 5) is 22.8. The number of alkyl carbamates (subject to hydrolysis) is 1. The number of carboxylic acid groups (broad SMARTS) is 1. The summed E-state index contributed by atoms with van der Waals surface area (Å²) in [6.07, 6.45) is -1.27. The molecule has 3 atom stereocenters. The lowest BCUT2D eigenvalue weighted by atomic mass is 10.3. The second kappa shape index (κ2) is 3.60. The van der Waals surface area contributed by atoms with Gasteiger partial charge in [-0.1, -0.05) is 0 Å². The number of rotatable bonds is 2. The molecule has 2 amide bonds. The molecule has 1 aliphatic carbocycles. The van der Waals surface area contributed by atoms with Gasteiger partial charge in [-0.3, -0.25) is 0 Å². The number of carbonyl (C=O) groups is 2. The van der Waals surface area contributed by atoms with Crippen molar-refractivity contribution in [3.05, 3.63) is 0 Å². The van der Waals surface area contributed by atoms with Crippen LogP contribution in [0.4, 0.5) is 9.59 Å². The van der Waals surface area contributed by atoms with Crippen molar-refractivity contribution in [1.82, 2.24) is 10.2 Å². The molecule has 6 nitrogen and oxygen atoms in total. The Bertz CT molecular complexity index is 282. The van der Waals surface area contributed by atoms with Crippen molar-refractivity contribution in [2.45, 2.75) is 0 Å². The number of fused-ring (bicyclic) bond motifs is 1. The van der Waals surface area contributed by atoms with Crippen molar-refractivity contribution in [3.8, 4) is 0 Å². The molecular formula is C9H14N2O4. The zero-order valence-electron chi connectivity index (χ0n) is 8.47. The number of hydrogen-bond donors (Lipinski definition) is 2. The van der Waals surface area contributed by atoms with Crippen molar-refractivity contribution in [2.75, 3.05) is 26.7 Å². The Morgan fingerprint density at radius 1 is 1.47 bits per heavy atom. The third-order valence-electron chi connectivity index (χ3n) is 3.25. The molecule has 0 aromatic heterocycles. The summed E-state index contributed by atoms with van der Waals surface area (Å²) >= 11 is 0. The van der Waals surface area contributed by atoms with Gasteiger partial charge in [0.05, 0.1) is 6.61 Å². The normalized spacial score (nSPS) is 32.1. The first-order valence-electron chi connectivity index (χ1n) is 4.96. The first kappa shape index (κ1) is 10.1. The molecule has 15 heavy (non-hydrogen) atoms. The maximum Gasteiger partial charge on any atom is 0.407 e. The SMILES string of the molecule is CNC(=O)OCC1[C@H]2CN(C(=O)O)C[C@@H]12. The summed E-state index contributed by atoms with van der Waals surface area (Å²) in [5, 5.41) is 11.1. The van der Waals surface area contributed by atoms with E-state index < -0.39 is 12.2 Å². The number of carbonyl (C=O) groups excluding carboxylic acids is 1. The van der Waals surface area contributed by atoms with E-state index in [1.165, 1.54) is 11.9 Å². The number of hydrogen-bond acceptors (Lipinski definition) is 3. The smallest absolute Gasteiger partial charge is 0.407 e. The van der Waals surface area contributed by atoms with Crippen LogP contribution in [0, 0.1) is 17.8 Å². The van der Waals surface area contributed by atoms with Gasteiger partial charge in [-0.2, -0.15) is 0 Å². The van der Waals surface area contributed by atoms with E-state index >= 15 is 0 Å². The highest BCUT2D eigenvalue weighted by Gasteiger charge is 2.57. The lowest BCUT2D eigenvalue weighted by molar-refractivity contribution is 0.126. The highest BCUT2D eigenvalue weighted by molar-refractivity contribution is 5.67. The predicted molar refractivity (Wildman–Crippen MR) is 50.5 cm³/mol. The summed E-state index contributed by atoms with van der Waals surface area (Å²) in [5.41, 5.74) is 0. The molecule has 0 spiro atoms. The van der Waals surface area contributed by atoms with Crippen LogP contribution in [0.15, 0.2) is 0 Å². The molecule has 1 saturated carbocycles. The van der Waals surface area contributed by atoms with E-state index in [-0.39, 0.29) is 0 Å². The van der Waals surface area contributed by atoms with Crippen LogP contribution in [-0.4, -0.2) is 48.9 Å². The summed E-state index contributed by atoms with van der Waals surface area (Å²) in [6.45, 7) is 1.58. The van der Waals surface area contributed by atoms with Gasteiger partial charge in [0, 0.05) is 26.1 Å². The van der Waals surface area contributed by atoms with Gasteiger partial charge in [-0.25, -0.2) is 9.59 Å². The topological polar surface area (TPSA) is 78.9 Å². The number of nitrogens with zero attached hydrogens (tertiary/aromatic N) is 1. The van der Waals surface area contributed by atoms with Crippen LogP contribution in [0.5, 0.6) is 0 Å². The Hall–Kier alpha value is -1.46. The minimum atomic E-state index is -0.854. The van der Waals surface area contributed by atoms with E-state index in [1.807, 2.05) is 0 Å². The molecule has 1 unspecified atom stereocenters. The fourth-order valence-electron chi connectivity index (χ4n) is 2.30. The van der Waals surface area contributed by atoms with Crippen LogP contribution in [0.2, 0.25) is 0 Å². The number of piperidine rings is 1. The molecule has 0 aromatic rings. The molecule has 2 aliphatic rings. The van der Waals surface area contributed by atoms with Crippen LogP contribution < -0.4 is 5.32 Å². The van der Waals surface area contributed by atoms with E-state index in [9.17, 15) is 9.59 Å². The number of nitrogens with one attached hydrogen (secondary N) is 1. The van der Waals surface area contributed by atoms with Crippen molar-refractivity contribution < 1.29 is 19.4 Å². The molecule has 6 heteroatoms. The molecule has 2 fully saturated rings. The molecule has 2 N–H and O–H groups in total. The predicted octanol–water partition coefficient (Wildman–Crippen LogP) is 0.198. The average molecular weight is 214 g/mol. The average Bonchev–Trinajstić information content (AvgIpc) is 2.67. The number of ether oxygens (including phenoxy) is 1. The Kier molecular flexibility index (Phi) is 2.42. The molecular weight excluding hydrogens is 200 g/mol. The van der Waals surface area contributed by atoms with E-state index in [2.05, 4.69) is 5.32 Å². The Morgan fingerprint density at radius 3 is 2.53 bits per heavy atom. The monoisotopic (exact) mass is 214 g/mol. The van der Waals surface area contributed by atoms with Crippen LogP contribution in [-0.2, 0) is 4.74 Å². The van der Waals surface area contributed by atoms with Crippen molar-refractivity contribution in [3.63, 3.8) is 0 Å². The maximum atomic E-state index is 10.8. The molecule has 1 aliphatic heterocycles. The Balaban J connectivity index is 1.71. The first-order chi connectivity index (χ1) is 7.13. The van der Waals surface area contributed by atoms with Gasteiger partial charge < -0.3 is 20.1 Å². The van der Waals surface area contributed by atoms with Crippen LogP contribution >= 0.6 is 0 Å². The summed E-state index contributed by atoms with van der Waals surface area (Å²) in [6, 6.07) is 0. The van der Waals surface area contributed by atoms with Crippen molar-refractivity contribution in [2.24, 2.45) is 17.8 Å². The zero-order chi connectivity index (χ0) is 11.0. The highest BCUT2D eigenvalue weighted by atomic mass is 16.5. The molecule has 1 heterocycles. The van der Waals surface area contributed by atoms with Gasteiger partial charge in [-0.05, 0) is 11.8 Å².